The van der Waals surface area contributed by atoms with Crippen LogP contribution in [0.15, 0.2) is 73.1 Å². The van der Waals surface area contributed by atoms with E-state index in [1.165, 1.54) is 4.68 Å². The van der Waals surface area contributed by atoms with Crippen LogP contribution < -0.4 is 0 Å². The van der Waals surface area contributed by atoms with E-state index in [4.69, 9.17) is 0 Å². The molecule has 2 aromatic heterocycles. The Bertz CT molecular complexity index is 1190. The first-order valence-electron chi connectivity index (χ1n) is 8.39. The molecule has 6 nitrogen and oxygen atoms in total. The third kappa shape index (κ3) is 2.31. The summed E-state index contributed by atoms with van der Waals surface area (Å²) in [5.41, 5.74) is 3.77. The predicted octanol–water partition coefficient (Wildman–Crippen LogP) is 3.10. The largest absolute Gasteiger partial charge is 0.287 e. The molecule has 1 aliphatic carbocycles. The molecule has 0 bridgehead atoms. The molecule has 0 unspecified atom stereocenters. The molecule has 0 saturated carbocycles. The maximum Gasteiger partial charge on any atom is 0.216 e. The van der Waals surface area contributed by atoms with Crippen molar-refractivity contribution in [3.63, 3.8) is 0 Å². The normalized spacial score (nSPS) is 12.6. The van der Waals surface area contributed by atoms with E-state index in [1.807, 2.05) is 36.4 Å². The second-order valence-corrected chi connectivity index (χ2v) is 6.19. The summed E-state index contributed by atoms with van der Waals surface area (Å²) in [5, 5.41) is 8.05. The van der Waals surface area contributed by atoms with Crippen LogP contribution in [0.1, 0.15) is 32.1 Å². The van der Waals surface area contributed by atoms with Gasteiger partial charge < -0.3 is 0 Å². The quantitative estimate of drug-likeness (QED) is 0.488. The number of rotatable bonds is 2. The lowest BCUT2D eigenvalue weighted by atomic mass is 9.90. The first-order chi connectivity index (χ1) is 13.2. The van der Waals surface area contributed by atoms with E-state index >= 15 is 0 Å². The Balaban J connectivity index is 1.60. The molecular formula is C21H12N4O2. The number of hydrogen-bond donors (Lipinski definition) is 0. The molecule has 0 aliphatic heterocycles. The molecule has 0 radical (unpaired) electrons. The SMILES string of the molecule is O=C1c2ccccc2C(=O)c2c1nnn2-c1ccc(-c2ccncc2)cc1. The van der Waals surface area contributed by atoms with E-state index < -0.39 is 0 Å². The maximum atomic E-state index is 12.9. The number of carbonyl (C=O) groups excluding carboxylic acids is 2. The van der Waals surface area contributed by atoms with Gasteiger partial charge >= 0.3 is 0 Å². The highest BCUT2D eigenvalue weighted by Gasteiger charge is 2.35. The topological polar surface area (TPSA) is 77.7 Å². The summed E-state index contributed by atoms with van der Waals surface area (Å²) in [6, 6.07) is 18.2. The standard InChI is InChI=1S/C21H12N4O2/c26-20-16-3-1-2-4-17(16)21(27)19-18(20)23-24-25(19)15-7-5-13(6-8-15)14-9-11-22-12-10-14/h1-12H. The first kappa shape index (κ1) is 15.3. The van der Waals surface area contributed by atoms with E-state index in [9.17, 15) is 9.59 Å². The van der Waals surface area contributed by atoms with Crippen molar-refractivity contribution in [1.82, 2.24) is 20.0 Å². The highest BCUT2D eigenvalue weighted by Crippen LogP contribution is 2.28. The van der Waals surface area contributed by atoms with Crippen molar-refractivity contribution in [2.75, 3.05) is 0 Å². The van der Waals surface area contributed by atoms with Gasteiger partial charge in [-0.3, -0.25) is 14.6 Å². The molecule has 4 aromatic rings. The van der Waals surface area contributed by atoms with Crippen LogP contribution in [0.25, 0.3) is 16.8 Å². The minimum absolute atomic E-state index is 0.0944. The van der Waals surface area contributed by atoms with Gasteiger partial charge in [0.15, 0.2) is 5.69 Å². The fourth-order valence-corrected chi connectivity index (χ4v) is 3.29. The number of aromatic nitrogens is 4. The molecule has 5 rings (SSSR count). The summed E-state index contributed by atoms with van der Waals surface area (Å²) in [7, 11) is 0. The van der Waals surface area contributed by atoms with Gasteiger partial charge in [0, 0.05) is 23.5 Å². The van der Waals surface area contributed by atoms with Gasteiger partial charge in [-0.25, -0.2) is 4.68 Å². The Hall–Kier alpha value is -3.93. The Morgan fingerprint density at radius 1 is 0.704 bits per heavy atom. The number of fused-ring (bicyclic) bond motifs is 2. The number of hydrogen-bond acceptors (Lipinski definition) is 5. The van der Waals surface area contributed by atoms with Gasteiger partial charge in [-0.1, -0.05) is 41.6 Å². The number of carbonyl (C=O) groups is 2. The van der Waals surface area contributed by atoms with Gasteiger partial charge in [0.05, 0.1) is 5.69 Å². The second-order valence-electron chi connectivity index (χ2n) is 6.19. The summed E-state index contributed by atoms with van der Waals surface area (Å²) < 4.78 is 1.43. The molecule has 6 heteroatoms. The maximum absolute atomic E-state index is 12.9. The minimum Gasteiger partial charge on any atom is -0.287 e. The van der Waals surface area contributed by atoms with Crippen LogP contribution in [-0.2, 0) is 0 Å². The van der Waals surface area contributed by atoms with E-state index in [-0.39, 0.29) is 23.0 Å². The molecule has 0 fully saturated rings. The molecule has 0 N–H and O–H groups in total. The van der Waals surface area contributed by atoms with E-state index in [0.717, 1.165) is 11.1 Å². The van der Waals surface area contributed by atoms with Gasteiger partial charge in [0.1, 0.15) is 5.69 Å². The zero-order valence-corrected chi connectivity index (χ0v) is 14.0. The number of nitrogens with zero attached hydrogens (tertiary/aromatic N) is 4. The van der Waals surface area contributed by atoms with Crippen molar-refractivity contribution in [2.45, 2.75) is 0 Å². The molecular weight excluding hydrogens is 340 g/mol. The highest BCUT2D eigenvalue weighted by atomic mass is 16.1. The first-order valence-corrected chi connectivity index (χ1v) is 8.39. The molecule has 27 heavy (non-hydrogen) atoms. The Kier molecular flexibility index (Phi) is 3.30. The van der Waals surface area contributed by atoms with Crippen molar-refractivity contribution >= 4 is 11.6 Å². The van der Waals surface area contributed by atoms with Gasteiger partial charge in [-0.15, -0.1) is 5.10 Å². The van der Waals surface area contributed by atoms with Crippen molar-refractivity contribution in [3.05, 3.63) is 95.6 Å². The zero-order chi connectivity index (χ0) is 18.4. The fraction of sp³-hybridized carbons (Fsp3) is 0. The lowest BCUT2D eigenvalue weighted by molar-refractivity contribution is 0.0972. The number of pyridine rings is 1. The summed E-state index contributed by atoms with van der Waals surface area (Å²) in [6.45, 7) is 0. The zero-order valence-electron chi connectivity index (χ0n) is 14.0. The average molecular weight is 352 g/mol. The molecule has 0 atom stereocenters. The second kappa shape index (κ2) is 5.81. The van der Waals surface area contributed by atoms with Gasteiger partial charge in [-0.2, -0.15) is 0 Å². The van der Waals surface area contributed by atoms with Crippen molar-refractivity contribution in [2.24, 2.45) is 0 Å². The van der Waals surface area contributed by atoms with Gasteiger partial charge in [0.25, 0.3) is 0 Å². The van der Waals surface area contributed by atoms with Crippen LogP contribution in [-0.4, -0.2) is 31.5 Å². The van der Waals surface area contributed by atoms with Crippen LogP contribution in [0.3, 0.4) is 0 Å². The van der Waals surface area contributed by atoms with Gasteiger partial charge in [0.2, 0.25) is 11.6 Å². The third-order valence-corrected chi connectivity index (χ3v) is 4.64. The molecule has 128 valence electrons. The van der Waals surface area contributed by atoms with Crippen LogP contribution in [0.5, 0.6) is 0 Å². The van der Waals surface area contributed by atoms with Crippen LogP contribution >= 0.6 is 0 Å². The van der Waals surface area contributed by atoms with Crippen molar-refractivity contribution in [1.29, 1.82) is 0 Å². The molecule has 0 spiro atoms. The smallest absolute Gasteiger partial charge is 0.216 e. The number of benzene rings is 2. The third-order valence-electron chi connectivity index (χ3n) is 4.64. The van der Waals surface area contributed by atoms with Crippen molar-refractivity contribution in [3.8, 4) is 16.8 Å². The van der Waals surface area contributed by atoms with E-state index in [0.29, 0.717) is 16.8 Å². The summed E-state index contributed by atoms with van der Waals surface area (Å²) >= 11 is 0. The van der Waals surface area contributed by atoms with Gasteiger partial charge in [-0.05, 0) is 35.4 Å². The molecule has 0 saturated heterocycles. The van der Waals surface area contributed by atoms with Crippen LogP contribution in [0.4, 0.5) is 0 Å². The van der Waals surface area contributed by atoms with Crippen LogP contribution in [0.2, 0.25) is 0 Å². The summed E-state index contributed by atoms with van der Waals surface area (Å²) in [4.78, 5) is 29.6. The Morgan fingerprint density at radius 2 is 1.33 bits per heavy atom. The molecule has 0 amide bonds. The highest BCUT2D eigenvalue weighted by molar-refractivity contribution is 6.27. The molecule has 2 heterocycles. The number of ketones is 2. The Morgan fingerprint density at radius 3 is 2.04 bits per heavy atom. The fourth-order valence-electron chi connectivity index (χ4n) is 3.29. The monoisotopic (exact) mass is 352 g/mol. The Labute approximate surface area is 154 Å². The van der Waals surface area contributed by atoms with E-state index in [2.05, 4.69) is 15.3 Å². The minimum atomic E-state index is -0.278. The van der Waals surface area contributed by atoms with E-state index in [1.54, 1.807) is 36.7 Å². The van der Waals surface area contributed by atoms with Crippen LogP contribution in [0, 0.1) is 0 Å². The molecule has 1 aliphatic rings. The predicted molar refractivity (Wildman–Crippen MR) is 97.9 cm³/mol. The van der Waals surface area contributed by atoms with Crippen molar-refractivity contribution < 1.29 is 9.59 Å². The lowest BCUT2D eigenvalue weighted by Crippen LogP contribution is -2.22. The summed E-state index contributed by atoms with van der Waals surface area (Å²) in [5.74, 6) is -0.525. The molecule has 2 aromatic carbocycles. The average Bonchev–Trinajstić information content (AvgIpc) is 3.18. The lowest BCUT2D eigenvalue weighted by Gasteiger charge is -2.14. The summed E-state index contributed by atoms with van der Waals surface area (Å²) in [6.07, 6.45) is 3.47.